The van der Waals surface area contributed by atoms with E-state index in [1.807, 2.05) is 0 Å². The Kier molecular flexibility index (Phi) is 4.98. The predicted octanol–water partition coefficient (Wildman–Crippen LogP) is 0.906. The zero-order valence-corrected chi connectivity index (χ0v) is 11.6. The summed E-state index contributed by atoms with van der Waals surface area (Å²) in [5.74, 6) is 0. The molecule has 1 rings (SSSR count). The van der Waals surface area contributed by atoms with Crippen molar-refractivity contribution in [2.24, 2.45) is 0 Å². The van der Waals surface area contributed by atoms with Crippen LogP contribution in [0.15, 0.2) is 23.1 Å². The van der Waals surface area contributed by atoms with Gasteiger partial charge < -0.3 is 5.11 Å². The summed E-state index contributed by atoms with van der Waals surface area (Å²) in [5.41, 5.74) is 0.162. The summed E-state index contributed by atoms with van der Waals surface area (Å²) >= 11 is 0. The number of nitrogens with zero attached hydrogens (tertiary/aromatic N) is 2. The Hall–Kier alpha value is -1.51. The Morgan fingerprint density at radius 2 is 2.05 bits per heavy atom. The number of rotatable bonds is 6. The molecule has 106 valence electrons. The van der Waals surface area contributed by atoms with Crippen molar-refractivity contribution in [3.8, 4) is 0 Å². The maximum atomic E-state index is 12.2. The Balaban J connectivity index is 3.29. The van der Waals surface area contributed by atoms with Crippen LogP contribution < -0.4 is 0 Å². The maximum Gasteiger partial charge on any atom is 0.273 e. The maximum absolute atomic E-state index is 12.2. The highest BCUT2D eigenvalue weighted by atomic mass is 32.2. The Labute approximate surface area is 111 Å². The summed E-state index contributed by atoms with van der Waals surface area (Å²) in [6.45, 7) is 3.02. The van der Waals surface area contributed by atoms with Crippen LogP contribution in [0.2, 0.25) is 0 Å². The fourth-order valence-electron chi connectivity index (χ4n) is 1.66. The van der Waals surface area contributed by atoms with E-state index in [1.54, 1.807) is 13.8 Å². The lowest BCUT2D eigenvalue weighted by atomic mass is 10.2. The predicted molar refractivity (Wildman–Crippen MR) is 69.4 cm³/mol. The second kappa shape index (κ2) is 6.09. The number of hydrogen-bond donors (Lipinski definition) is 1. The minimum atomic E-state index is -3.82. The van der Waals surface area contributed by atoms with Crippen molar-refractivity contribution in [3.63, 3.8) is 0 Å². The summed E-state index contributed by atoms with van der Waals surface area (Å²) in [6, 6.07) is 3.78. The first kappa shape index (κ1) is 15.5. The third-order valence-corrected chi connectivity index (χ3v) is 4.69. The molecule has 19 heavy (non-hydrogen) atoms. The van der Waals surface area contributed by atoms with Crippen molar-refractivity contribution in [1.82, 2.24) is 4.31 Å². The van der Waals surface area contributed by atoms with E-state index in [0.717, 1.165) is 10.4 Å². The van der Waals surface area contributed by atoms with E-state index in [9.17, 15) is 18.5 Å². The number of aliphatic hydroxyl groups is 1. The highest BCUT2D eigenvalue weighted by molar-refractivity contribution is 7.89. The first-order valence-electron chi connectivity index (χ1n) is 5.70. The molecule has 0 aliphatic rings. The number of sulfonamides is 1. The van der Waals surface area contributed by atoms with Crippen molar-refractivity contribution in [3.05, 3.63) is 33.9 Å². The van der Waals surface area contributed by atoms with Gasteiger partial charge in [0.1, 0.15) is 0 Å². The number of nitro benzene ring substituents is 1. The molecule has 7 nitrogen and oxygen atoms in total. The summed E-state index contributed by atoms with van der Waals surface area (Å²) in [6.07, 6.45) is 0. The first-order chi connectivity index (χ1) is 8.84. The Morgan fingerprint density at radius 3 is 2.53 bits per heavy atom. The van der Waals surface area contributed by atoms with Crippen LogP contribution in [-0.2, 0) is 10.0 Å². The number of benzene rings is 1. The minimum absolute atomic E-state index is 0.0412. The molecule has 0 saturated heterocycles. The van der Waals surface area contributed by atoms with E-state index in [-0.39, 0.29) is 30.3 Å². The molecule has 0 amide bonds. The normalized spacial score (nSPS) is 11.8. The van der Waals surface area contributed by atoms with Crippen molar-refractivity contribution < 1.29 is 18.4 Å². The van der Waals surface area contributed by atoms with Crippen LogP contribution in [0.5, 0.6) is 0 Å². The highest BCUT2D eigenvalue weighted by Gasteiger charge is 2.25. The molecule has 8 heteroatoms. The van der Waals surface area contributed by atoms with Crippen molar-refractivity contribution in [1.29, 1.82) is 0 Å². The van der Waals surface area contributed by atoms with E-state index >= 15 is 0 Å². The molecule has 0 aliphatic heterocycles. The molecule has 1 aromatic rings. The smallest absolute Gasteiger partial charge is 0.273 e. The summed E-state index contributed by atoms with van der Waals surface area (Å²) in [7, 11) is -3.82. The molecule has 0 radical (unpaired) electrons. The zero-order chi connectivity index (χ0) is 14.6. The van der Waals surface area contributed by atoms with Crippen LogP contribution in [-0.4, -0.2) is 42.4 Å². The molecule has 0 atom stereocenters. The molecule has 0 spiro atoms. The van der Waals surface area contributed by atoms with Crippen LogP contribution in [0, 0.1) is 17.0 Å². The molecule has 0 bridgehead atoms. The van der Waals surface area contributed by atoms with Gasteiger partial charge in [-0.05, 0) is 13.0 Å². The second-order valence-corrected chi connectivity index (χ2v) is 5.86. The van der Waals surface area contributed by atoms with Gasteiger partial charge in [0.05, 0.1) is 16.4 Å². The zero-order valence-electron chi connectivity index (χ0n) is 10.7. The molecule has 0 unspecified atom stereocenters. The fraction of sp³-hybridized carbons (Fsp3) is 0.455. The van der Waals surface area contributed by atoms with E-state index in [2.05, 4.69) is 0 Å². The standard InChI is InChI=1S/C11H16N2O5S/c1-3-12(6-7-14)19(17,18)10-5-4-9(2)11(8-10)13(15)16/h4-5,8,14H,3,6-7H2,1-2H3. The lowest BCUT2D eigenvalue weighted by Gasteiger charge is -2.19. The summed E-state index contributed by atoms with van der Waals surface area (Å²) < 4.78 is 25.5. The largest absolute Gasteiger partial charge is 0.395 e. The third kappa shape index (κ3) is 3.28. The third-order valence-electron chi connectivity index (χ3n) is 2.72. The van der Waals surface area contributed by atoms with Crippen LogP contribution >= 0.6 is 0 Å². The van der Waals surface area contributed by atoms with Gasteiger partial charge in [-0.15, -0.1) is 0 Å². The van der Waals surface area contributed by atoms with Crippen LogP contribution in [0.25, 0.3) is 0 Å². The Bertz CT molecular complexity index is 570. The van der Waals surface area contributed by atoms with Gasteiger partial charge in [0.25, 0.3) is 5.69 Å². The molecular formula is C11H16N2O5S. The number of nitro groups is 1. The molecule has 1 N–H and O–H groups in total. The van der Waals surface area contributed by atoms with Crippen LogP contribution in [0.4, 0.5) is 5.69 Å². The average molecular weight is 288 g/mol. The molecule has 0 fully saturated rings. The second-order valence-electron chi connectivity index (χ2n) is 3.93. The van der Waals surface area contributed by atoms with Crippen LogP contribution in [0.1, 0.15) is 12.5 Å². The molecule has 1 aromatic carbocycles. The quantitative estimate of drug-likeness (QED) is 0.619. The number of aliphatic hydroxyl groups excluding tert-OH is 1. The number of aryl methyl sites for hydroxylation is 1. The molecule has 0 aliphatic carbocycles. The van der Waals surface area contributed by atoms with E-state index < -0.39 is 14.9 Å². The van der Waals surface area contributed by atoms with E-state index in [1.165, 1.54) is 12.1 Å². The van der Waals surface area contributed by atoms with Crippen molar-refractivity contribution >= 4 is 15.7 Å². The van der Waals surface area contributed by atoms with E-state index in [4.69, 9.17) is 5.11 Å². The van der Waals surface area contributed by atoms with Gasteiger partial charge >= 0.3 is 0 Å². The van der Waals surface area contributed by atoms with Gasteiger partial charge in [0.15, 0.2) is 0 Å². The van der Waals surface area contributed by atoms with Gasteiger partial charge in [0.2, 0.25) is 10.0 Å². The minimum Gasteiger partial charge on any atom is -0.395 e. The lowest BCUT2D eigenvalue weighted by molar-refractivity contribution is -0.385. The van der Waals surface area contributed by atoms with Gasteiger partial charge in [-0.25, -0.2) is 8.42 Å². The monoisotopic (exact) mass is 288 g/mol. The first-order valence-corrected chi connectivity index (χ1v) is 7.14. The highest BCUT2D eigenvalue weighted by Crippen LogP contribution is 2.24. The average Bonchev–Trinajstić information content (AvgIpc) is 2.35. The molecule has 0 heterocycles. The number of likely N-dealkylation sites (N-methyl/N-ethyl adjacent to an activating group) is 1. The molecular weight excluding hydrogens is 272 g/mol. The Morgan fingerprint density at radius 1 is 1.42 bits per heavy atom. The van der Waals surface area contributed by atoms with Gasteiger partial charge in [-0.2, -0.15) is 4.31 Å². The van der Waals surface area contributed by atoms with Crippen molar-refractivity contribution in [2.75, 3.05) is 19.7 Å². The summed E-state index contributed by atoms with van der Waals surface area (Å²) in [4.78, 5) is 10.1. The van der Waals surface area contributed by atoms with Crippen LogP contribution in [0.3, 0.4) is 0 Å². The summed E-state index contributed by atoms with van der Waals surface area (Å²) in [5, 5.41) is 19.7. The van der Waals surface area contributed by atoms with Crippen molar-refractivity contribution in [2.45, 2.75) is 18.7 Å². The van der Waals surface area contributed by atoms with Gasteiger partial charge in [0, 0.05) is 24.7 Å². The van der Waals surface area contributed by atoms with Gasteiger partial charge in [-0.1, -0.05) is 13.0 Å². The molecule has 0 aromatic heterocycles. The fourth-order valence-corrected chi connectivity index (χ4v) is 3.12. The molecule has 0 saturated carbocycles. The number of hydrogen-bond acceptors (Lipinski definition) is 5. The van der Waals surface area contributed by atoms with Gasteiger partial charge in [-0.3, -0.25) is 10.1 Å². The lowest BCUT2D eigenvalue weighted by Crippen LogP contribution is -2.33. The van der Waals surface area contributed by atoms with E-state index in [0.29, 0.717) is 5.56 Å². The SMILES string of the molecule is CCN(CCO)S(=O)(=O)c1ccc(C)c([N+](=O)[O-])c1. The topological polar surface area (TPSA) is 101 Å².